The maximum Gasteiger partial charge on any atom is 0.274 e. The molecule has 0 bridgehead atoms. The van der Waals surface area contributed by atoms with Gasteiger partial charge in [-0.25, -0.2) is 4.98 Å². The van der Waals surface area contributed by atoms with Gasteiger partial charge in [-0.3, -0.25) is 4.79 Å². The number of nitrogens with zero attached hydrogens (tertiary/aromatic N) is 1. The van der Waals surface area contributed by atoms with Crippen molar-refractivity contribution in [2.75, 3.05) is 10.6 Å². The molecule has 1 amide bonds. The first-order valence-electron chi connectivity index (χ1n) is 6.65. The van der Waals surface area contributed by atoms with E-state index in [9.17, 15) is 4.79 Å². The van der Waals surface area contributed by atoms with Gasteiger partial charge in [-0.1, -0.05) is 23.7 Å². The van der Waals surface area contributed by atoms with Crippen LogP contribution in [0.25, 0.3) is 0 Å². The zero-order chi connectivity index (χ0) is 15.5. The molecule has 1 aromatic carbocycles. The first-order valence-corrected chi connectivity index (χ1v) is 7.03. The van der Waals surface area contributed by atoms with Gasteiger partial charge < -0.3 is 10.6 Å². The van der Waals surface area contributed by atoms with Crippen molar-refractivity contribution < 1.29 is 4.79 Å². The number of para-hydroxylation sites is 1. The van der Waals surface area contributed by atoms with Crippen LogP contribution >= 0.6 is 11.6 Å². The summed E-state index contributed by atoms with van der Waals surface area (Å²) in [5.74, 6) is -0.287. The molecule has 0 aliphatic heterocycles. The maximum absolute atomic E-state index is 12.1. The SMILES string of the molecule is CC(C)(C)Nc1ccc(C(=O)Nc2ccccc2Cl)nc1. The third kappa shape index (κ3) is 4.46. The van der Waals surface area contributed by atoms with E-state index in [2.05, 4.69) is 36.4 Å². The Hall–Kier alpha value is -2.07. The first-order chi connectivity index (χ1) is 9.85. The zero-order valence-corrected chi connectivity index (χ0v) is 13.0. The lowest BCUT2D eigenvalue weighted by molar-refractivity contribution is 0.102. The highest BCUT2D eigenvalue weighted by atomic mass is 35.5. The molecule has 0 saturated heterocycles. The molecule has 2 aromatic rings. The molecule has 0 radical (unpaired) electrons. The molecule has 2 N–H and O–H groups in total. The summed E-state index contributed by atoms with van der Waals surface area (Å²) in [6.07, 6.45) is 1.65. The predicted octanol–water partition coefficient (Wildman–Crippen LogP) is 4.20. The Morgan fingerprint density at radius 1 is 1.14 bits per heavy atom. The van der Waals surface area contributed by atoms with Crippen LogP contribution in [0, 0.1) is 0 Å². The van der Waals surface area contributed by atoms with Crippen molar-refractivity contribution in [3.8, 4) is 0 Å². The second-order valence-corrected chi connectivity index (χ2v) is 6.15. The number of benzene rings is 1. The highest BCUT2D eigenvalue weighted by molar-refractivity contribution is 6.33. The van der Waals surface area contributed by atoms with Crippen LogP contribution in [0.1, 0.15) is 31.3 Å². The van der Waals surface area contributed by atoms with E-state index in [0.29, 0.717) is 16.4 Å². The summed E-state index contributed by atoms with van der Waals surface area (Å²) in [5, 5.41) is 6.53. The third-order valence-corrected chi connectivity index (χ3v) is 2.97. The minimum absolute atomic E-state index is 0.0526. The second kappa shape index (κ2) is 6.14. The van der Waals surface area contributed by atoms with Crippen molar-refractivity contribution in [3.05, 3.63) is 53.3 Å². The van der Waals surface area contributed by atoms with Gasteiger partial charge in [0.2, 0.25) is 0 Å². The molecule has 0 aliphatic carbocycles. The molecule has 21 heavy (non-hydrogen) atoms. The van der Waals surface area contributed by atoms with Crippen LogP contribution < -0.4 is 10.6 Å². The number of halogens is 1. The first kappa shape index (κ1) is 15.3. The van der Waals surface area contributed by atoms with E-state index in [0.717, 1.165) is 5.69 Å². The molecule has 4 nitrogen and oxygen atoms in total. The lowest BCUT2D eigenvalue weighted by Crippen LogP contribution is -2.26. The van der Waals surface area contributed by atoms with E-state index >= 15 is 0 Å². The number of carbonyl (C=O) groups excluding carboxylic acids is 1. The fraction of sp³-hybridized carbons (Fsp3) is 0.250. The van der Waals surface area contributed by atoms with Crippen LogP contribution in [0.4, 0.5) is 11.4 Å². The molecule has 0 spiro atoms. The second-order valence-electron chi connectivity index (χ2n) is 5.74. The number of nitrogens with one attached hydrogen (secondary N) is 2. The fourth-order valence-electron chi connectivity index (χ4n) is 1.78. The van der Waals surface area contributed by atoms with Crippen LogP contribution in [0.3, 0.4) is 0 Å². The van der Waals surface area contributed by atoms with Crippen molar-refractivity contribution in [1.29, 1.82) is 0 Å². The van der Waals surface area contributed by atoms with Gasteiger partial charge in [0.25, 0.3) is 5.91 Å². The van der Waals surface area contributed by atoms with Crippen LogP contribution in [0.15, 0.2) is 42.6 Å². The standard InChI is InChI=1S/C16H18ClN3O/c1-16(2,3)20-11-8-9-14(18-10-11)15(21)19-13-7-5-4-6-12(13)17/h4-10,20H,1-3H3,(H,19,21). The zero-order valence-electron chi connectivity index (χ0n) is 12.3. The average Bonchev–Trinajstić information content (AvgIpc) is 2.40. The lowest BCUT2D eigenvalue weighted by Gasteiger charge is -2.21. The summed E-state index contributed by atoms with van der Waals surface area (Å²) >= 11 is 6.01. The summed E-state index contributed by atoms with van der Waals surface area (Å²) in [6.45, 7) is 6.18. The van der Waals surface area contributed by atoms with E-state index in [1.165, 1.54) is 0 Å². The molecule has 0 aliphatic rings. The van der Waals surface area contributed by atoms with E-state index in [4.69, 9.17) is 11.6 Å². The molecule has 5 heteroatoms. The smallest absolute Gasteiger partial charge is 0.274 e. The van der Waals surface area contributed by atoms with Crippen molar-refractivity contribution in [2.45, 2.75) is 26.3 Å². The third-order valence-electron chi connectivity index (χ3n) is 2.64. The van der Waals surface area contributed by atoms with E-state index < -0.39 is 0 Å². The minimum atomic E-state index is -0.287. The summed E-state index contributed by atoms with van der Waals surface area (Å²) < 4.78 is 0. The summed E-state index contributed by atoms with van der Waals surface area (Å²) in [4.78, 5) is 16.3. The van der Waals surface area contributed by atoms with Gasteiger partial charge in [0.05, 0.1) is 22.6 Å². The highest BCUT2D eigenvalue weighted by Gasteiger charge is 2.12. The van der Waals surface area contributed by atoms with Crippen molar-refractivity contribution in [2.24, 2.45) is 0 Å². The quantitative estimate of drug-likeness (QED) is 0.893. The predicted molar refractivity (Wildman–Crippen MR) is 87.0 cm³/mol. The number of pyridine rings is 1. The molecule has 0 atom stereocenters. The van der Waals surface area contributed by atoms with Gasteiger partial charge in [0, 0.05) is 5.54 Å². The molecule has 110 valence electrons. The minimum Gasteiger partial charge on any atom is -0.379 e. The number of hydrogen-bond donors (Lipinski definition) is 2. The van der Waals surface area contributed by atoms with Crippen molar-refractivity contribution in [3.63, 3.8) is 0 Å². The number of rotatable bonds is 3. The van der Waals surface area contributed by atoms with Crippen LogP contribution in [0.5, 0.6) is 0 Å². The van der Waals surface area contributed by atoms with Gasteiger partial charge in [0.15, 0.2) is 0 Å². The summed E-state index contributed by atoms with van der Waals surface area (Å²) in [7, 11) is 0. The van der Waals surface area contributed by atoms with Crippen LogP contribution in [-0.4, -0.2) is 16.4 Å². The summed E-state index contributed by atoms with van der Waals surface area (Å²) in [5.41, 5.74) is 1.73. The normalized spacial score (nSPS) is 11.0. The molecule has 2 rings (SSSR count). The van der Waals surface area contributed by atoms with Gasteiger partial charge in [-0.2, -0.15) is 0 Å². The number of hydrogen-bond acceptors (Lipinski definition) is 3. The van der Waals surface area contributed by atoms with Gasteiger partial charge in [-0.15, -0.1) is 0 Å². The van der Waals surface area contributed by atoms with Gasteiger partial charge >= 0.3 is 0 Å². The Kier molecular flexibility index (Phi) is 4.48. The number of aromatic nitrogens is 1. The van der Waals surface area contributed by atoms with Crippen molar-refractivity contribution in [1.82, 2.24) is 4.98 Å². The van der Waals surface area contributed by atoms with E-state index in [1.807, 2.05) is 18.2 Å². The molecule has 1 heterocycles. The number of carbonyl (C=O) groups is 1. The Labute approximate surface area is 129 Å². The fourth-order valence-corrected chi connectivity index (χ4v) is 1.97. The molecule has 1 aromatic heterocycles. The number of amides is 1. The summed E-state index contributed by atoms with van der Waals surface area (Å²) in [6, 6.07) is 10.6. The lowest BCUT2D eigenvalue weighted by atomic mass is 10.1. The monoisotopic (exact) mass is 303 g/mol. The van der Waals surface area contributed by atoms with E-state index in [1.54, 1.807) is 24.4 Å². The highest BCUT2D eigenvalue weighted by Crippen LogP contribution is 2.21. The maximum atomic E-state index is 12.1. The van der Waals surface area contributed by atoms with Gasteiger partial charge in [-0.05, 0) is 45.0 Å². The van der Waals surface area contributed by atoms with Gasteiger partial charge in [0.1, 0.15) is 5.69 Å². The van der Waals surface area contributed by atoms with Crippen LogP contribution in [0.2, 0.25) is 5.02 Å². The Balaban J connectivity index is 2.08. The van der Waals surface area contributed by atoms with E-state index in [-0.39, 0.29) is 11.4 Å². The molecule has 0 fully saturated rings. The topological polar surface area (TPSA) is 54.0 Å². The molecular formula is C16H18ClN3O. The molecular weight excluding hydrogens is 286 g/mol. The molecule has 0 saturated carbocycles. The Morgan fingerprint density at radius 3 is 2.43 bits per heavy atom. The Bertz CT molecular complexity index is 633. The number of anilines is 2. The Morgan fingerprint density at radius 2 is 1.86 bits per heavy atom. The van der Waals surface area contributed by atoms with Crippen molar-refractivity contribution >= 4 is 28.9 Å². The molecule has 0 unspecified atom stereocenters. The van der Waals surface area contributed by atoms with Crippen LogP contribution in [-0.2, 0) is 0 Å². The average molecular weight is 304 g/mol. The largest absolute Gasteiger partial charge is 0.379 e.